The number of hydrogen-bond donors (Lipinski definition) is 1. The maximum absolute atomic E-state index is 12.5. The number of amides is 1. The Morgan fingerprint density at radius 1 is 1.37 bits per heavy atom. The van der Waals surface area contributed by atoms with Gasteiger partial charge in [-0.2, -0.15) is 0 Å². The highest BCUT2D eigenvalue weighted by Gasteiger charge is 2.24. The van der Waals surface area contributed by atoms with Crippen molar-refractivity contribution in [1.29, 1.82) is 0 Å². The number of fused-ring (bicyclic) bond motifs is 1. The zero-order valence-electron chi connectivity index (χ0n) is 10.8. The van der Waals surface area contributed by atoms with Gasteiger partial charge in [0.2, 0.25) is 0 Å². The maximum atomic E-state index is 12.5. The molecule has 3 rings (SSSR count). The predicted molar refractivity (Wildman–Crippen MR) is 74.3 cm³/mol. The number of nitrogen functional groups attached to an aromatic ring is 1. The summed E-state index contributed by atoms with van der Waals surface area (Å²) < 4.78 is 5.22. The second-order valence-corrected chi connectivity index (χ2v) is 4.89. The number of rotatable bonds is 1. The number of nitrogens with two attached hydrogens (primary N) is 1. The number of carbonyl (C=O) groups excluding carboxylic acids is 1. The molecule has 4 nitrogen and oxygen atoms in total. The number of carbonyl (C=O) groups is 1. The Kier molecular flexibility index (Phi) is 2.78. The number of anilines is 2. The lowest BCUT2D eigenvalue weighted by Gasteiger charge is -2.29. The van der Waals surface area contributed by atoms with Crippen LogP contribution in [0.25, 0.3) is 0 Å². The molecule has 0 atom stereocenters. The van der Waals surface area contributed by atoms with E-state index >= 15 is 0 Å². The van der Waals surface area contributed by atoms with Crippen LogP contribution in [0.4, 0.5) is 11.4 Å². The molecule has 0 saturated carbocycles. The van der Waals surface area contributed by atoms with Crippen molar-refractivity contribution in [2.24, 2.45) is 0 Å². The van der Waals surface area contributed by atoms with Crippen LogP contribution in [0.15, 0.2) is 34.9 Å². The molecular weight excluding hydrogens is 240 g/mol. The zero-order chi connectivity index (χ0) is 13.4. The van der Waals surface area contributed by atoms with E-state index in [2.05, 4.69) is 0 Å². The van der Waals surface area contributed by atoms with Crippen molar-refractivity contribution in [3.05, 3.63) is 47.4 Å². The Labute approximate surface area is 111 Å². The highest BCUT2D eigenvalue weighted by Crippen LogP contribution is 2.30. The standard InChI is InChI=1S/C15H16N2O2/c1-10-7-12(9-19-10)15(18)17-6-2-3-11-4-5-13(16)8-14(11)17/h4-5,7-9H,2-3,6,16H2,1H3. The number of aryl methyl sites for hydroxylation is 2. The van der Waals surface area contributed by atoms with Crippen LogP contribution in [0, 0.1) is 6.92 Å². The molecule has 1 aromatic heterocycles. The van der Waals surface area contributed by atoms with Gasteiger partial charge in [-0.05, 0) is 43.5 Å². The summed E-state index contributed by atoms with van der Waals surface area (Å²) in [5, 5.41) is 0. The molecule has 0 radical (unpaired) electrons. The van der Waals surface area contributed by atoms with Crippen molar-refractivity contribution in [3.8, 4) is 0 Å². The fourth-order valence-corrected chi connectivity index (χ4v) is 2.51. The molecule has 1 aliphatic heterocycles. The average Bonchev–Trinajstić information content (AvgIpc) is 2.84. The van der Waals surface area contributed by atoms with Crippen LogP contribution < -0.4 is 10.6 Å². The molecule has 4 heteroatoms. The summed E-state index contributed by atoms with van der Waals surface area (Å²) in [6.45, 7) is 2.55. The lowest BCUT2D eigenvalue weighted by Crippen LogP contribution is -2.35. The van der Waals surface area contributed by atoms with Crippen LogP contribution in [0.3, 0.4) is 0 Å². The lowest BCUT2D eigenvalue weighted by molar-refractivity contribution is 0.0984. The molecule has 0 unspecified atom stereocenters. The van der Waals surface area contributed by atoms with Crippen molar-refractivity contribution in [2.75, 3.05) is 17.2 Å². The van der Waals surface area contributed by atoms with E-state index in [4.69, 9.17) is 10.2 Å². The van der Waals surface area contributed by atoms with Crippen LogP contribution in [0.2, 0.25) is 0 Å². The molecule has 2 heterocycles. The van der Waals surface area contributed by atoms with E-state index in [0.29, 0.717) is 11.3 Å². The first kappa shape index (κ1) is 11.8. The minimum atomic E-state index is -0.0246. The number of furan rings is 1. The minimum absolute atomic E-state index is 0.0246. The van der Waals surface area contributed by atoms with Gasteiger partial charge in [-0.15, -0.1) is 0 Å². The Hall–Kier alpha value is -2.23. The van der Waals surface area contributed by atoms with Crippen molar-refractivity contribution in [1.82, 2.24) is 0 Å². The largest absolute Gasteiger partial charge is 0.469 e. The van der Waals surface area contributed by atoms with Crippen molar-refractivity contribution in [2.45, 2.75) is 19.8 Å². The van der Waals surface area contributed by atoms with Gasteiger partial charge in [-0.3, -0.25) is 4.79 Å². The number of nitrogens with zero attached hydrogens (tertiary/aromatic N) is 1. The Morgan fingerprint density at radius 2 is 2.21 bits per heavy atom. The Balaban J connectivity index is 1.99. The van der Waals surface area contributed by atoms with Crippen LogP contribution >= 0.6 is 0 Å². The first-order valence-corrected chi connectivity index (χ1v) is 6.40. The molecule has 2 aromatic rings. The van der Waals surface area contributed by atoms with Crippen LogP contribution in [-0.4, -0.2) is 12.5 Å². The van der Waals surface area contributed by atoms with Gasteiger partial charge in [-0.25, -0.2) is 0 Å². The first-order chi connectivity index (χ1) is 9.15. The molecule has 0 aliphatic carbocycles. The van der Waals surface area contributed by atoms with Gasteiger partial charge in [0.1, 0.15) is 12.0 Å². The molecule has 0 spiro atoms. The molecule has 0 fully saturated rings. The van der Waals surface area contributed by atoms with E-state index in [9.17, 15) is 4.79 Å². The van der Waals surface area contributed by atoms with Crippen LogP contribution in [-0.2, 0) is 6.42 Å². The lowest BCUT2D eigenvalue weighted by atomic mass is 10.0. The van der Waals surface area contributed by atoms with Crippen molar-refractivity contribution < 1.29 is 9.21 Å². The molecule has 2 N–H and O–H groups in total. The van der Waals surface area contributed by atoms with Crippen molar-refractivity contribution >= 4 is 17.3 Å². The maximum Gasteiger partial charge on any atom is 0.261 e. The Morgan fingerprint density at radius 3 is 2.95 bits per heavy atom. The predicted octanol–water partition coefficient (Wildman–Crippen LogP) is 2.76. The second-order valence-electron chi connectivity index (χ2n) is 4.89. The van der Waals surface area contributed by atoms with E-state index in [0.717, 1.165) is 30.8 Å². The monoisotopic (exact) mass is 256 g/mol. The topological polar surface area (TPSA) is 59.5 Å². The van der Waals surface area contributed by atoms with E-state index < -0.39 is 0 Å². The van der Waals surface area contributed by atoms with Crippen molar-refractivity contribution in [3.63, 3.8) is 0 Å². The molecule has 98 valence electrons. The highest BCUT2D eigenvalue weighted by atomic mass is 16.3. The van der Waals surface area contributed by atoms with E-state index in [1.165, 1.54) is 11.8 Å². The van der Waals surface area contributed by atoms with Gasteiger partial charge in [0.25, 0.3) is 5.91 Å². The second kappa shape index (κ2) is 4.46. The van der Waals surface area contributed by atoms with Crippen LogP contribution in [0.1, 0.15) is 28.1 Å². The summed E-state index contributed by atoms with van der Waals surface area (Å²) in [5.74, 6) is 0.719. The van der Waals surface area contributed by atoms with E-state index in [1.54, 1.807) is 11.0 Å². The van der Waals surface area contributed by atoms with Gasteiger partial charge in [0.05, 0.1) is 5.56 Å². The molecule has 1 amide bonds. The Bertz CT molecular complexity index is 631. The van der Waals surface area contributed by atoms with Crippen LogP contribution in [0.5, 0.6) is 0 Å². The molecule has 1 aliphatic rings. The van der Waals surface area contributed by atoms with Gasteiger partial charge in [0, 0.05) is 17.9 Å². The highest BCUT2D eigenvalue weighted by molar-refractivity contribution is 6.06. The molecule has 1 aromatic carbocycles. The summed E-state index contributed by atoms with van der Waals surface area (Å²) in [6, 6.07) is 7.53. The number of benzene rings is 1. The molecule has 0 bridgehead atoms. The minimum Gasteiger partial charge on any atom is -0.469 e. The van der Waals surface area contributed by atoms with E-state index in [1.807, 2.05) is 25.1 Å². The third kappa shape index (κ3) is 2.10. The average molecular weight is 256 g/mol. The molecular formula is C15H16N2O2. The smallest absolute Gasteiger partial charge is 0.261 e. The summed E-state index contributed by atoms with van der Waals surface area (Å²) in [6.07, 6.45) is 3.47. The zero-order valence-corrected chi connectivity index (χ0v) is 10.8. The normalized spacial score (nSPS) is 14.3. The van der Waals surface area contributed by atoms with Gasteiger partial charge in [-0.1, -0.05) is 6.07 Å². The SMILES string of the molecule is Cc1cc(C(=O)N2CCCc3ccc(N)cc32)co1. The first-order valence-electron chi connectivity index (χ1n) is 6.40. The van der Waals surface area contributed by atoms with E-state index in [-0.39, 0.29) is 5.91 Å². The summed E-state index contributed by atoms with van der Waals surface area (Å²) in [4.78, 5) is 14.3. The van der Waals surface area contributed by atoms with Gasteiger partial charge < -0.3 is 15.1 Å². The number of hydrogen-bond acceptors (Lipinski definition) is 3. The third-order valence-corrected chi connectivity index (χ3v) is 3.45. The fraction of sp³-hybridized carbons (Fsp3) is 0.267. The van der Waals surface area contributed by atoms with Gasteiger partial charge >= 0.3 is 0 Å². The summed E-state index contributed by atoms with van der Waals surface area (Å²) in [5.41, 5.74) is 9.20. The quantitative estimate of drug-likeness (QED) is 0.798. The fourth-order valence-electron chi connectivity index (χ4n) is 2.51. The molecule has 0 saturated heterocycles. The summed E-state index contributed by atoms with van der Waals surface area (Å²) in [7, 11) is 0. The molecule has 19 heavy (non-hydrogen) atoms. The third-order valence-electron chi connectivity index (χ3n) is 3.45. The van der Waals surface area contributed by atoms with Gasteiger partial charge in [0.15, 0.2) is 0 Å². The summed E-state index contributed by atoms with van der Waals surface area (Å²) >= 11 is 0.